The summed E-state index contributed by atoms with van der Waals surface area (Å²) in [7, 11) is 0. The maximum absolute atomic E-state index is 11.0. The second-order valence-electron chi connectivity index (χ2n) is 3.47. The Morgan fingerprint density at radius 2 is 2.13 bits per heavy atom. The highest BCUT2D eigenvalue weighted by Crippen LogP contribution is 2.37. The first-order valence-electron chi connectivity index (χ1n) is 4.25. The molecule has 0 spiro atoms. The third-order valence-corrected chi connectivity index (χ3v) is 2.50. The van der Waals surface area contributed by atoms with Crippen LogP contribution in [0.5, 0.6) is 0 Å². The van der Waals surface area contributed by atoms with Crippen molar-refractivity contribution in [3.8, 4) is 12.3 Å². The van der Waals surface area contributed by atoms with Crippen molar-refractivity contribution in [2.75, 3.05) is 0 Å². The van der Waals surface area contributed by atoms with Gasteiger partial charge in [0, 0.05) is 0 Å². The van der Waals surface area contributed by atoms with Crippen LogP contribution in [0.1, 0.15) is 6.92 Å². The predicted octanol–water partition coefficient (Wildman–Crippen LogP) is 0.907. The van der Waals surface area contributed by atoms with Gasteiger partial charge in [-0.25, -0.2) is 4.79 Å². The topological polar surface area (TPSA) is 74.6 Å². The van der Waals surface area contributed by atoms with Crippen LogP contribution in [0.15, 0.2) is 23.8 Å². The molecule has 0 fully saturated rings. The molecule has 2 N–H and O–H groups in total. The van der Waals surface area contributed by atoms with E-state index in [4.69, 9.17) is 16.6 Å². The van der Waals surface area contributed by atoms with Crippen molar-refractivity contribution >= 4 is 11.9 Å². The lowest BCUT2D eigenvalue weighted by molar-refractivity contribution is -0.146. The van der Waals surface area contributed by atoms with E-state index in [2.05, 4.69) is 5.92 Å². The molecule has 2 unspecified atom stereocenters. The van der Waals surface area contributed by atoms with E-state index >= 15 is 0 Å². The number of hydrogen-bond donors (Lipinski definition) is 2. The lowest BCUT2D eigenvalue weighted by Gasteiger charge is -2.30. The number of terminal acetylenes is 1. The van der Waals surface area contributed by atoms with Crippen LogP contribution < -0.4 is 0 Å². The van der Waals surface area contributed by atoms with Crippen LogP contribution in [0.3, 0.4) is 0 Å². The van der Waals surface area contributed by atoms with Crippen molar-refractivity contribution in [1.29, 1.82) is 0 Å². The Morgan fingerprint density at radius 1 is 1.53 bits per heavy atom. The minimum absolute atomic E-state index is 0.0649. The summed E-state index contributed by atoms with van der Waals surface area (Å²) in [4.78, 5) is 21.9. The van der Waals surface area contributed by atoms with Gasteiger partial charge >= 0.3 is 11.9 Å². The molecule has 0 amide bonds. The summed E-state index contributed by atoms with van der Waals surface area (Å²) < 4.78 is 0. The third-order valence-electron chi connectivity index (χ3n) is 2.50. The Balaban J connectivity index is 3.25. The zero-order valence-electron chi connectivity index (χ0n) is 8.10. The molecule has 15 heavy (non-hydrogen) atoms. The van der Waals surface area contributed by atoms with Crippen LogP contribution in [-0.4, -0.2) is 22.2 Å². The average Bonchev–Trinajstić information content (AvgIpc) is 2.16. The molecule has 0 aromatic rings. The van der Waals surface area contributed by atoms with Gasteiger partial charge in [-0.3, -0.25) is 4.79 Å². The lowest BCUT2D eigenvalue weighted by Crippen LogP contribution is -2.37. The molecule has 1 rings (SSSR count). The van der Waals surface area contributed by atoms with E-state index in [1.54, 1.807) is 0 Å². The van der Waals surface area contributed by atoms with E-state index in [0.717, 1.165) is 0 Å². The fraction of sp³-hybridized carbons (Fsp3) is 0.273. The average molecular weight is 206 g/mol. The summed E-state index contributed by atoms with van der Waals surface area (Å²) in [6.45, 7) is 1.41. The van der Waals surface area contributed by atoms with Crippen LogP contribution >= 0.6 is 0 Å². The Morgan fingerprint density at radius 3 is 2.53 bits per heavy atom. The van der Waals surface area contributed by atoms with Gasteiger partial charge in [0.1, 0.15) is 5.41 Å². The van der Waals surface area contributed by atoms with Gasteiger partial charge in [-0.05, 0) is 6.92 Å². The Labute approximate surface area is 86.9 Å². The van der Waals surface area contributed by atoms with Crippen molar-refractivity contribution in [1.82, 2.24) is 0 Å². The summed E-state index contributed by atoms with van der Waals surface area (Å²) in [5, 5.41) is 17.9. The van der Waals surface area contributed by atoms with Gasteiger partial charge in [0.05, 0.1) is 11.5 Å². The maximum Gasteiger partial charge on any atom is 0.332 e. The monoisotopic (exact) mass is 206 g/mol. The molecule has 0 radical (unpaired) electrons. The normalized spacial score (nSPS) is 29.1. The molecule has 0 aromatic heterocycles. The van der Waals surface area contributed by atoms with Gasteiger partial charge < -0.3 is 10.2 Å². The minimum atomic E-state index is -1.35. The quantitative estimate of drug-likeness (QED) is 0.658. The molecule has 0 bridgehead atoms. The number of carboxylic acids is 2. The largest absolute Gasteiger partial charge is 0.481 e. The number of hydrogen-bond acceptors (Lipinski definition) is 2. The standard InChI is InChI=1S/C11H10O4/c1-3-8-7(9(12)13)5-4-6-11(8,2)10(14)15/h1,4-6,8H,2H3,(H,12,13)(H,14,15). The van der Waals surface area contributed by atoms with Crippen molar-refractivity contribution in [3.05, 3.63) is 23.8 Å². The molecular formula is C11H10O4. The van der Waals surface area contributed by atoms with Crippen molar-refractivity contribution in [3.63, 3.8) is 0 Å². The molecule has 1 aliphatic carbocycles. The molecule has 0 aromatic carbocycles. The fourth-order valence-corrected chi connectivity index (χ4v) is 1.52. The number of rotatable bonds is 2. The fourth-order valence-electron chi connectivity index (χ4n) is 1.52. The Bertz CT molecular complexity index is 411. The highest BCUT2D eigenvalue weighted by atomic mass is 16.4. The van der Waals surface area contributed by atoms with E-state index in [-0.39, 0.29) is 5.57 Å². The molecule has 0 heterocycles. The van der Waals surface area contributed by atoms with Gasteiger partial charge in [-0.1, -0.05) is 24.1 Å². The smallest absolute Gasteiger partial charge is 0.332 e. The summed E-state index contributed by atoms with van der Waals surface area (Å²) in [5.74, 6) is -1.04. The van der Waals surface area contributed by atoms with E-state index in [9.17, 15) is 9.59 Å². The van der Waals surface area contributed by atoms with E-state index in [1.165, 1.54) is 25.2 Å². The highest BCUT2D eigenvalue weighted by molar-refractivity contribution is 5.92. The third kappa shape index (κ3) is 1.64. The van der Waals surface area contributed by atoms with Crippen LogP contribution in [0.2, 0.25) is 0 Å². The van der Waals surface area contributed by atoms with Crippen molar-refractivity contribution in [2.24, 2.45) is 11.3 Å². The Hall–Kier alpha value is -2.02. The van der Waals surface area contributed by atoms with E-state index in [0.29, 0.717) is 0 Å². The zero-order valence-corrected chi connectivity index (χ0v) is 8.10. The Kier molecular flexibility index (Phi) is 2.67. The minimum Gasteiger partial charge on any atom is -0.481 e. The molecule has 0 saturated heterocycles. The van der Waals surface area contributed by atoms with Crippen LogP contribution in [0, 0.1) is 23.7 Å². The highest BCUT2D eigenvalue weighted by Gasteiger charge is 2.43. The molecular weight excluding hydrogens is 196 g/mol. The molecule has 2 atom stereocenters. The van der Waals surface area contributed by atoms with Gasteiger partial charge in [0.15, 0.2) is 0 Å². The van der Waals surface area contributed by atoms with E-state index in [1.807, 2.05) is 0 Å². The first-order valence-corrected chi connectivity index (χ1v) is 4.25. The number of carboxylic acid groups (broad SMARTS) is 2. The number of aliphatic carboxylic acids is 2. The molecule has 0 aliphatic heterocycles. The molecule has 1 aliphatic rings. The molecule has 78 valence electrons. The predicted molar refractivity (Wildman–Crippen MR) is 52.9 cm³/mol. The van der Waals surface area contributed by atoms with Crippen molar-refractivity contribution in [2.45, 2.75) is 6.92 Å². The first kappa shape index (κ1) is 11.1. The van der Waals surface area contributed by atoms with Gasteiger partial charge in [0.25, 0.3) is 0 Å². The second-order valence-corrected chi connectivity index (χ2v) is 3.47. The van der Waals surface area contributed by atoms with Crippen LogP contribution in [-0.2, 0) is 9.59 Å². The van der Waals surface area contributed by atoms with Crippen molar-refractivity contribution < 1.29 is 19.8 Å². The molecule has 4 heteroatoms. The first-order chi connectivity index (χ1) is 6.93. The van der Waals surface area contributed by atoms with Gasteiger partial charge in [-0.2, -0.15) is 0 Å². The van der Waals surface area contributed by atoms with Gasteiger partial charge in [0.2, 0.25) is 0 Å². The second kappa shape index (κ2) is 3.62. The van der Waals surface area contributed by atoms with Crippen LogP contribution in [0.25, 0.3) is 0 Å². The molecule has 4 nitrogen and oxygen atoms in total. The van der Waals surface area contributed by atoms with Gasteiger partial charge in [-0.15, -0.1) is 6.42 Å². The summed E-state index contributed by atoms with van der Waals surface area (Å²) in [6, 6.07) is 0. The van der Waals surface area contributed by atoms with E-state index < -0.39 is 23.3 Å². The summed E-state index contributed by atoms with van der Waals surface area (Å²) >= 11 is 0. The molecule has 0 saturated carbocycles. The number of allylic oxidation sites excluding steroid dienone is 2. The van der Waals surface area contributed by atoms with Crippen LogP contribution in [0.4, 0.5) is 0 Å². The maximum atomic E-state index is 11.0. The zero-order chi connectivity index (χ0) is 11.6. The number of carbonyl (C=O) groups is 2. The SMILES string of the molecule is C#CC1C(C(=O)O)=CC=CC1(C)C(=O)O. The summed E-state index contributed by atoms with van der Waals surface area (Å²) in [6.07, 6.45) is 9.34. The lowest BCUT2D eigenvalue weighted by atomic mass is 9.71. The summed E-state index contributed by atoms with van der Waals surface area (Å²) in [5.41, 5.74) is -1.41.